The van der Waals surface area contributed by atoms with Crippen LogP contribution in [0.5, 0.6) is 0 Å². The predicted molar refractivity (Wildman–Crippen MR) is 125 cm³/mol. The van der Waals surface area contributed by atoms with Gasteiger partial charge in [-0.05, 0) is 70.0 Å². The second kappa shape index (κ2) is 9.97. The van der Waals surface area contributed by atoms with E-state index < -0.39 is 29.5 Å². The molecule has 1 aliphatic heterocycles. The molecule has 0 radical (unpaired) electrons. The number of halogens is 3. The summed E-state index contributed by atoms with van der Waals surface area (Å²) in [5.41, 5.74) is -0.344. The first-order valence-electron chi connectivity index (χ1n) is 10.3. The van der Waals surface area contributed by atoms with E-state index >= 15 is 0 Å². The number of ether oxygens (including phenoxy) is 1. The fourth-order valence-corrected chi connectivity index (χ4v) is 3.99. The van der Waals surface area contributed by atoms with E-state index in [9.17, 15) is 18.8 Å². The highest BCUT2D eigenvalue weighted by molar-refractivity contribution is 6.35. The van der Waals surface area contributed by atoms with Gasteiger partial charge in [-0.3, -0.25) is 14.9 Å². The standard InChI is InChI=1S/C23H24Cl2FN3O4/c1-23(2,3)33-22(32)28-18-12-16(6-7-17(18)26)27-20(30)19-5-4-8-29(19)21(31)13-9-14(24)11-15(25)10-13/h6-7,9-12,19H,4-5,8H2,1-3H3,(H,27,30)(H,28,32). The highest BCUT2D eigenvalue weighted by atomic mass is 35.5. The van der Waals surface area contributed by atoms with Gasteiger partial charge >= 0.3 is 6.09 Å². The SMILES string of the molecule is CC(C)(C)OC(=O)Nc1cc(NC(=O)C2CCCN2C(=O)c2cc(Cl)cc(Cl)c2)ccc1F. The number of amides is 3. The summed E-state index contributed by atoms with van der Waals surface area (Å²) in [6.07, 6.45) is 0.293. The van der Waals surface area contributed by atoms with Crippen LogP contribution in [-0.4, -0.2) is 41.0 Å². The minimum absolute atomic E-state index is 0.144. The first-order valence-corrected chi connectivity index (χ1v) is 11.1. The topological polar surface area (TPSA) is 87.7 Å². The van der Waals surface area contributed by atoms with Crippen LogP contribution in [0.25, 0.3) is 0 Å². The average Bonchev–Trinajstić information content (AvgIpc) is 3.17. The fraction of sp³-hybridized carbons (Fsp3) is 0.348. The lowest BCUT2D eigenvalue weighted by molar-refractivity contribution is -0.119. The summed E-state index contributed by atoms with van der Waals surface area (Å²) < 4.78 is 19.3. The zero-order chi connectivity index (χ0) is 24.3. The van der Waals surface area contributed by atoms with Gasteiger partial charge in [-0.1, -0.05) is 23.2 Å². The van der Waals surface area contributed by atoms with Crippen LogP contribution in [0, 0.1) is 5.82 Å². The van der Waals surface area contributed by atoms with Gasteiger partial charge in [-0.25, -0.2) is 9.18 Å². The molecule has 1 fully saturated rings. The first kappa shape index (κ1) is 24.8. The summed E-state index contributed by atoms with van der Waals surface area (Å²) in [5.74, 6) is -1.47. The van der Waals surface area contributed by atoms with Crippen molar-refractivity contribution >= 4 is 52.5 Å². The van der Waals surface area contributed by atoms with Crippen molar-refractivity contribution in [1.82, 2.24) is 4.90 Å². The van der Waals surface area contributed by atoms with E-state index in [1.165, 1.54) is 35.2 Å². The summed E-state index contributed by atoms with van der Waals surface area (Å²) in [5, 5.41) is 5.66. The van der Waals surface area contributed by atoms with Gasteiger partial charge in [-0.2, -0.15) is 0 Å². The van der Waals surface area contributed by atoms with E-state index in [1.807, 2.05) is 0 Å². The van der Waals surface area contributed by atoms with Crippen molar-refractivity contribution in [2.75, 3.05) is 17.2 Å². The second-order valence-corrected chi connectivity index (χ2v) is 9.50. The monoisotopic (exact) mass is 495 g/mol. The molecule has 176 valence electrons. The van der Waals surface area contributed by atoms with Crippen molar-refractivity contribution in [2.24, 2.45) is 0 Å². The fourth-order valence-electron chi connectivity index (χ4n) is 3.46. The van der Waals surface area contributed by atoms with Gasteiger partial charge in [0.05, 0.1) is 5.69 Å². The van der Waals surface area contributed by atoms with Gasteiger partial charge in [-0.15, -0.1) is 0 Å². The third kappa shape index (κ3) is 6.58. The molecule has 2 N–H and O–H groups in total. The van der Waals surface area contributed by atoms with Gasteiger partial charge in [0.1, 0.15) is 17.5 Å². The molecule has 1 saturated heterocycles. The van der Waals surface area contributed by atoms with E-state index in [0.29, 0.717) is 29.4 Å². The van der Waals surface area contributed by atoms with Crippen LogP contribution in [0.1, 0.15) is 44.0 Å². The van der Waals surface area contributed by atoms with Crippen molar-refractivity contribution in [1.29, 1.82) is 0 Å². The number of hydrogen-bond donors (Lipinski definition) is 2. The van der Waals surface area contributed by atoms with Crippen LogP contribution < -0.4 is 10.6 Å². The van der Waals surface area contributed by atoms with Crippen molar-refractivity contribution in [3.63, 3.8) is 0 Å². The molecule has 1 unspecified atom stereocenters. The molecule has 2 aromatic rings. The number of benzene rings is 2. The Balaban J connectivity index is 1.72. The van der Waals surface area contributed by atoms with Gasteiger partial charge in [0.25, 0.3) is 5.91 Å². The maximum Gasteiger partial charge on any atom is 0.412 e. The Hall–Kier alpha value is -2.84. The number of carbonyl (C=O) groups is 3. The number of hydrogen-bond acceptors (Lipinski definition) is 4. The number of likely N-dealkylation sites (tertiary alicyclic amines) is 1. The summed E-state index contributed by atoms with van der Waals surface area (Å²) in [6, 6.07) is 7.57. The van der Waals surface area contributed by atoms with E-state index in [4.69, 9.17) is 27.9 Å². The van der Waals surface area contributed by atoms with Crippen LogP contribution in [0.3, 0.4) is 0 Å². The van der Waals surface area contributed by atoms with Crippen LogP contribution >= 0.6 is 23.2 Å². The summed E-state index contributed by atoms with van der Waals surface area (Å²) in [4.78, 5) is 39.3. The van der Waals surface area contributed by atoms with Crippen LogP contribution in [0.4, 0.5) is 20.6 Å². The molecule has 1 atom stereocenters. The minimum Gasteiger partial charge on any atom is -0.444 e. The first-order chi connectivity index (χ1) is 15.4. The molecule has 0 bridgehead atoms. The minimum atomic E-state index is -0.822. The highest BCUT2D eigenvalue weighted by Gasteiger charge is 2.35. The lowest BCUT2D eigenvalue weighted by atomic mass is 10.1. The second-order valence-electron chi connectivity index (χ2n) is 8.63. The largest absolute Gasteiger partial charge is 0.444 e. The normalized spacial score (nSPS) is 15.8. The Labute approximate surface area is 201 Å². The van der Waals surface area contributed by atoms with E-state index in [-0.39, 0.29) is 22.8 Å². The number of nitrogens with one attached hydrogen (secondary N) is 2. The molecule has 1 aliphatic rings. The number of nitrogens with zero attached hydrogens (tertiary/aromatic N) is 1. The van der Waals surface area contributed by atoms with Crippen molar-refractivity contribution < 1.29 is 23.5 Å². The molecule has 10 heteroatoms. The molecule has 0 spiro atoms. The van der Waals surface area contributed by atoms with Gasteiger partial charge in [0.15, 0.2) is 0 Å². The third-order valence-electron chi connectivity index (χ3n) is 4.80. The van der Waals surface area contributed by atoms with E-state index in [1.54, 1.807) is 20.8 Å². The van der Waals surface area contributed by atoms with Crippen molar-refractivity contribution in [3.05, 3.63) is 57.8 Å². The quantitative estimate of drug-likeness (QED) is 0.567. The molecular weight excluding hydrogens is 472 g/mol. The lowest BCUT2D eigenvalue weighted by Crippen LogP contribution is -2.43. The Morgan fingerprint density at radius 1 is 1.06 bits per heavy atom. The molecule has 3 amide bonds. The summed E-state index contributed by atoms with van der Waals surface area (Å²) in [7, 11) is 0. The maximum atomic E-state index is 14.2. The molecule has 1 heterocycles. The van der Waals surface area contributed by atoms with Gasteiger partial charge in [0.2, 0.25) is 5.91 Å². The number of anilines is 2. The highest BCUT2D eigenvalue weighted by Crippen LogP contribution is 2.26. The Kier molecular flexibility index (Phi) is 7.49. The van der Waals surface area contributed by atoms with E-state index in [2.05, 4.69) is 10.6 Å². The lowest BCUT2D eigenvalue weighted by Gasteiger charge is -2.24. The number of carbonyl (C=O) groups excluding carboxylic acids is 3. The average molecular weight is 496 g/mol. The number of rotatable bonds is 4. The molecular formula is C23H24Cl2FN3O4. The third-order valence-corrected chi connectivity index (χ3v) is 5.23. The molecule has 2 aromatic carbocycles. The molecule has 33 heavy (non-hydrogen) atoms. The molecule has 0 saturated carbocycles. The predicted octanol–water partition coefficient (Wildman–Crippen LogP) is 5.72. The molecule has 3 rings (SSSR count). The molecule has 0 aromatic heterocycles. The zero-order valence-electron chi connectivity index (χ0n) is 18.4. The zero-order valence-corrected chi connectivity index (χ0v) is 19.9. The van der Waals surface area contributed by atoms with Crippen molar-refractivity contribution in [2.45, 2.75) is 45.3 Å². The summed E-state index contributed by atoms with van der Waals surface area (Å²) in [6.45, 7) is 5.46. The Bertz CT molecular complexity index is 1070. The summed E-state index contributed by atoms with van der Waals surface area (Å²) >= 11 is 12.0. The van der Waals surface area contributed by atoms with Crippen LogP contribution in [-0.2, 0) is 9.53 Å². The Morgan fingerprint density at radius 3 is 2.36 bits per heavy atom. The van der Waals surface area contributed by atoms with Crippen LogP contribution in [0.2, 0.25) is 10.0 Å². The molecule has 7 nitrogen and oxygen atoms in total. The Morgan fingerprint density at radius 2 is 1.73 bits per heavy atom. The van der Waals surface area contributed by atoms with Crippen LogP contribution in [0.15, 0.2) is 36.4 Å². The van der Waals surface area contributed by atoms with Gasteiger partial charge in [0, 0.05) is 27.8 Å². The maximum absolute atomic E-state index is 14.2. The smallest absolute Gasteiger partial charge is 0.412 e. The van der Waals surface area contributed by atoms with Gasteiger partial charge < -0.3 is 15.0 Å². The van der Waals surface area contributed by atoms with E-state index in [0.717, 1.165) is 6.07 Å². The molecule has 0 aliphatic carbocycles. The van der Waals surface area contributed by atoms with Crippen molar-refractivity contribution in [3.8, 4) is 0 Å².